The van der Waals surface area contributed by atoms with E-state index in [0.29, 0.717) is 0 Å². The van der Waals surface area contributed by atoms with Gasteiger partial charge in [0.25, 0.3) is 0 Å². The second kappa shape index (κ2) is 3.43. The highest BCUT2D eigenvalue weighted by Crippen LogP contribution is 2.31. The van der Waals surface area contributed by atoms with Crippen LogP contribution in [0, 0.1) is 3.57 Å². The lowest BCUT2D eigenvalue weighted by molar-refractivity contribution is 0.285. The summed E-state index contributed by atoms with van der Waals surface area (Å²) >= 11 is 3.83. The van der Waals surface area contributed by atoms with Crippen molar-refractivity contribution in [2.24, 2.45) is 0 Å². The molecule has 0 saturated carbocycles. The fraction of sp³-hybridized carbons (Fsp3) is 0.111. The van der Waals surface area contributed by atoms with E-state index in [1.807, 2.05) is 12.1 Å². The summed E-state index contributed by atoms with van der Waals surface area (Å²) in [6.45, 7) is 0.0926. The Labute approximate surface area is 93.5 Å². The van der Waals surface area contributed by atoms with Crippen LogP contribution in [0.25, 0.3) is 10.1 Å². The van der Waals surface area contributed by atoms with Crippen molar-refractivity contribution < 1.29 is 5.11 Å². The number of anilines is 1. The van der Waals surface area contributed by atoms with Gasteiger partial charge in [-0.05, 0) is 40.8 Å². The third kappa shape index (κ3) is 1.66. The molecule has 0 radical (unpaired) electrons. The minimum atomic E-state index is 0.0926. The van der Waals surface area contributed by atoms with Crippen molar-refractivity contribution in [3.05, 3.63) is 26.6 Å². The van der Waals surface area contributed by atoms with E-state index in [4.69, 9.17) is 10.8 Å². The Morgan fingerprint density at radius 1 is 1.38 bits per heavy atom. The van der Waals surface area contributed by atoms with Crippen LogP contribution in [0.15, 0.2) is 18.2 Å². The fourth-order valence-electron chi connectivity index (χ4n) is 1.26. The van der Waals surface area contributed by atoms with Crippen molar-refractivity contribution in [2.45, 2.75) is 6.61 Å². The molecule has 2 aromatic rings. The Bertz CT molecular complexity index is 452. The average molecular weight is 305 g/mol. The van der Waals surface area contributed by atoms with Crippen LogP contribution >= 0.6 is 33.9 Å². The van der Waals surface area contributed by atoms with E-state index < -0.39 is 0 Å². The third-order valence-corrected chi connectivity index (χ3v) is 3.53. The summed E-state index contributed by atoms with van der Waals surface area (Å²) in [5, 5.41) is 10.0. The minimum absolute atomic E-state index is 0.0926. The molecule has 2 rings (SSSR count). The van der Waals surface area contributed by atoms with E-state index >= 15 is 0 Å². The Morgan fingerprint density at radius 2 is 2.15 bits per heavy atom. The van der Waals surface area contributed by atoms with E-state index in [9.17, 15) is 0 Å². The highest BCUT2D eigenvalue weighted by atomic mass is 127. The van der Waals surface area contributed by atoms with Crippen LogP contribution in [0.2, 0.25) is 0 Å². The Kier molecular flexibility index (Phi) is 2.44. The second-order valence-corrected chi connectivity index (χ2v) is 5.19. The summed E-state index contributed by atoms with van der Waals surface area (Å²) in [6.07, 6.45) is 0. The number of nitrogen functional groups attached to an aromatic ring is 1. The number of nitrogens with two attached hydrogens (primary N) is 1. The molecule has 0 atom stereocenters. The van der Waals surface area contributed by atoms with Crippen LogP contribution in [-0.2, 0) is 6.61 Å². The van der Waals surface area contributed by atoms with Crippen molar-refractivity contribution in [2.75, 3.05) is 5.73 Å². The topological polar surface area (TPSA) is 46.2 Å². The summed E-state index contributed by atoms with van der Waals surface area (Å²) in [5.41, 5.74) is 6.63. The zero-order valence-electron chi connectivity index (χ0n) is 6.75. The van der Waals surface area contributed by atoms with Gasteiger partial charge in [0.2, 0.25) is 0 Å². The number of aliphatic hydroxyl groups excluding tert-OH is 1. The SMILES string of the molecule is Nc1cc(I)cc2sc(CO)cc12. The normalized spacial score (nSPS) is 10.9. The van der Waals surface area contributed by atoms with E-state index in [1.165, 1.54) is 0 Å². The molecule has 0 saturated heterocycles. The molecule has 0 amide bonds. The molecule has 0 aliphatic heterocycles. The van der Waals surface area contributed by atoms with Gasteiger partial charge in [-0.25, -0.2) is 0 Å². The molecule has 0 bridgehead atoms. The monoisotopic (exact) mass is 305 g/mol. The first-order chi connectivity index (χ1) is 6.20. The Hall–Kier alpha value is -0.330. The van der Waals surface area contributed by atoms with Crippen molar-refractivity contribution >= 4 is 49.7 Å². The molecule has 1 aromatic heterocycles. The smallest absolute Gasteiger partial charge is 0.0774 e. The fourth-order valence-corrected chi connectivity index (χ4v) is 3.12. The number of hydrogen-bond donors (Lipinski definition) is 2. The summed E-state index contributed by atoms with van der Waals surface area (Å²) in [4.78, 5) is 0.962. The number of aliphatic hydroxyl groups is 1. The number of fused-ring (bicyclic) bond motifs is 1. The number of thiophene rings is 1. The van der Waals surface area contributed by atoms with Gasteiger partial charge in [-0.1, -0.05) is 0 Å². The molecular formula is C9H8INOS. The van der Waals surface area contributed by atoms with Crippen LogP contribution < -0.4 is 5.73 Å². The zero-order valence-corrected chi connectivity index (χ0v) is 9.72. The van der Waals surface area contributed by atoms with Crippen LogP contribution in [0.5, 0.6) is 0 Å². The van der Waals surface area contributed by atoms with Gasteiger partial charge in [-0.2, -0.15) is 0 Å². The maximum absolute atomic E-state index is 8.97. The van der Waals surface area contributed by atoms with E-state index in [1.54, 1.807) is 11.3 Å². The molecule has 68 valence electrons. The molecule has 3 N–H and O–H groups in total. The van der Waals surface area contributed by atoms with Gasteiger partial charge < -0.3 is 10.8 Å². The van der Waals surface area contributed by atoms with Crippen molar-refractivity contribution in [1.29, 1.82) is 0 Å². The third-order valence-electron chi connectivity index (χ3n) is 1.84. The van der Waals surface area contributed by atoms with Crippen LogP contribution in [-0.4, -0.2) is 5.11 Å². The van der Waals surface area contributed by atoms with Gasteiger partial charge in [-0.3, -0.25) is 0 Å². The number of rotatable bonds is 1. The number of benzene rings is 1. The van der Waals surface area contributed by atoms with Gasteiger partial charge in [0.05, 0.1) is 6.61 Å². The maximum Gasteiger partial charge on any atom is 0.0774 e. The first-order valence-electron chi connectivity index (χ1n) is 3.79. The molecule has 4 heteroatoms. The van der Waals surface area contributed by atoms with Gasteiger partial charge in [0.1, 0.15) is 0 Å². The predicted octanol–water partition coefficient (Wildman–Crippen LogP) is 2.58. The van der Waals surface area contributed by atoms with Crippen LogP contribution in [0.4, 0.5) is 5.69 Å². The molecular weight excluding hydrogens is 297 g/mol. The standard InChI is InChI=1S/C9H8INOS/c10-5-1-8(11)7-3-6(4-12)13-9(7)2-5/h1-3,12H,4,11H2. The van der Waals surface area contributed by atoms with Gasteiger partial charge in [-0.15, -0.1) is 11.3 Å². The Morgan fingerprint density at radius 3 is 2.85 bits per heavy atom. The molecule has 0 aliphatic carbocycles. The Balaban J connectivity index is 2.75. The van der Waals surface area contributed by atoms with Crippen LogP contribution in [0.3, 0.4) is 0 Å². The lowest BCUT2D eigenvalue weighted by Crippen LogP contribution is -1.85. The second-order valence-electron chi connectivity index (χ2n) is 2.78. The van der Waals surface area contributed by atoms with Gasteiger partial charge in [0.15, 0.2) is 0 Å². The highest BCUT2D eigenvalue weighted by molar-refractivity contribution is 14.1. The molecule has 0 aliphatic rings. The first kappa shape index (κ1) is 9.23. The molecule has 1 heterocycles. The maximum atomic E-state index is 8.97. The van der Waals surface area contributed by atoms with Crippen molar-refractivity contribution in [3.63, 3.8) is 0 Å². The van der Waals surface area contributed by atoms with Gasteiger partial charge >= 0.3 is 0 Å². The van der Waals surface area contributed by atoms with E-state index in [0.717, 1.165) is 24.2 Å². The largest absolute Gasteiger partial charge is 0.398 e. The zero-order chi connectivity index (χ0) is 9.42. The highest BCUT2D eigenvalue weighted by Gasteiger charge is 2.04. The molecule has 1 aromatic carbocycles. The number of halogens is 1. The number of hydrogen-bond acceptors (Lipinski definition) is 3. The molecule has 0 unspecified atom stereocenters. The average Bonchev–Trinajstić information content (AvgIpc) is 2.47. The lowest BCUT2D eigenvalue weighted by atomic mass is 10.2. The van der Waals surface area contributed by atoms with Crippen LogP contribution in [0.1, 0.15) is 4.88 Å². The van der Waals surface area contributed by atoms with E-state index in [-0.39, 0.29) is 6.61 Å². The molecule has 13 heavy (non-hydrogen) atoms. The molecule has 0 fully saturated rings. The lowest BCUT2D eigenvalue weighted by Gasteiger charge is -1.96. The summed E-state index contributed by atoms with van der Waals surface area (Å²) in [6, 6.07) is 5.97. The molecule has 2 nitrogen and oxygen atoms in total. The van der Waals surface area contributed by atoms with Crippen molar-refractivity contribution in [1.82, 2.24) is 0 Å². The van der Waals surface area contributed by atoms with Crippen molar-refractivity contribution in [3.8, 4) is 0 Å². The summed E-state index contributed by atoms with van der Waals surface area (Å²) in [5.74, 6) is 0. The first-order valence-corrected chi connectivity index (χ1v) is 5.68. The summed E-state index contributed by atoms with van der Waals surface area (Å²) < 4.78 is 2.28. The summed E-state index contributed by atoms with van der Waals surface area (Å²) in [7, 11) is 0. The van der Waals surface area contributed by atoms with Gasteiger partial charge in [0, 0.05) is 24.2 Å². The predicted molar refractivity (Wildman–Crippen MR) is 64.9 cm³/mol. The quantitative estimate of drug-likeness (QED) is 0.628. The molecule has 0 spiro atoms. The minimum Gasteiger partial charge on any atom is -0.398 e. The van der Waals surface area contributed by atoms with E-state index in [2.05, 4.69) is 28.7 Å².